The zero-order valence-electron chi connectivity index (χ0n) is 22.7. The second-order valence-electron chi connectivity index (χ2n) is 9.94. The molecule has 0 spiro atoms. The van der Waals surface area contributed by atoms with Crippen molar-refractivity contribution in [2.75, 3.05) is 23.7 Å². The van der Waals surface area contributed by atoms with Crippen LogP contribution in [0.25, 0.3) is 16.8 Å². The van der Waals surface area contributed by atoms with E-state index in [4.69, 9.17) is 5.10 Å². The maximum atomic E-state index is 13.5. The highest BCUT2D eigenvalue weighted by molar-refractivity contribution is 5.99. The Hall–Kier alpha value is -4.39. The number of urea groups is 1. The number of nitrogens with one attached hydrogen (secondary N) is 2. The monoisotopic (exact) mass is 509 g/mol. The molecule has 0 saturated heterocycles. The van der Waals surface area contributed by atoms with Gasteiger partial charge in [0, 0.05) is 17.8 Å². The van der Waals surface area contributed by atoms with Crippen molar-refractivity contribution in [2.45, 2.75) is 34.6 Å². The molecule has 3 amide bonds. The van der Waals surface area contributed by atoms with Crippen LogP contribution in [0, 0.1) is 26.7 Å². The van der Waals surface area contributed by atoms with Crippen molar-refractivity contribution in [2.24, 2.45) is 5.92 Å². The summed E-state index contributed by atoms with van der Waals surface area (Å²) in [7, 11) is 0. The van der Waals surface area contributed by atoms with Gasteiger partial charge in [-0.05, 0) is 55.5 Å². The molecule has 4 rings (SSSR count). The van der Waals surface area contributed by atoms with E-state index >= 15 is 0 Å². The normalized spacial score (nSPS) is 10.9. The van der Waals surface area contributed by atoms with Crippen LogP contribution in [0.2, 0.25) is 0 Å². The molecule has 3 aromatic carbocycles. The fourth-order valence-electron chi connectivity index (χ4n) is 4.48. The van der Waals surface area contributed by atoms with Crippen LogP contribution in [0.3, 0.4) is 0 Å². The van der Waals surface area contributed by atoms with E-state index in [9.17, 15) is 9.59 Å². The summed E-state index contributed by atoms with van der Waals surface area (Å²) < 4.78 is 1.78. The van der Waals surface area contributed by atoms with Crippen LogP contribution >= 0.6 is 0 Å². The van der Waals surface area contributed by atoms with Gasteiger partial charge in [0.15, 0.2) is 0 Å². The van der Waals surface area contributed by atoms with E-state index < -0.39 is 0 Å². The second-order valence-corrected chi connectivity index (χ2v) is 9.94. The molecule has 0 aliphatic carbocycles. The fraction of sp³-hybridized carbons (Fsp3) is 0.258. The highest BCUT2D eigenvalue weighted by Gasteiger charge is 2.24. The lowest BCUT2D eigenvalue weighted by Gasteiger charge is -2.25. The van der Waals surface area contributed by atoms with Gasteiger partial charge in [-0.2, -0.15) is 5.10 Å². The van der Waals surface area contributed by atoms with Crippen molar-refractivity contribution in [1.29, 1.82) is 0 Å². The smallest absolute Gasteiger partial charge is 0.315 e. The standard InChI is InChI=1S/C31H35N5O2/c1-21(2)19-35(31(38)32-26-17-11-9-13-22(26)3)20-28(37)33-30-29(25-15-7-6-8-16-25)24(5)34-36(30)27-18-12-10-14-23(27)4/h6-18,21H,19-20H2,1-5H3,(H,32,38)(H,33,37). The number of aromatic nitrogens is 2. The third-order valence-electron chi connectivity index (χ3n) is 6.32. The Morgan fingerprint density at radius 2 is 1.47 bits per heavy atom. The molecule has 0 aliphatic rings. The molecule has 0 fully saturated rings. The van der Waals surface area contributed by atoms with E-state index in [-0.39, 0.29) is 24.4 Å². The van der Waals surface area contributed by atoms with E-state index in [1.54, 1.807) is 9.58 Å². The van der Waals surface area contributed by atoms with E-state index in [2.05, 4.69) is 10.6 Å². The van der Waals surface area contributed by atoms with Gasteiger partial charge in [0.25, 0.3) is 0 Å². The van der Waals surface area contributed by atoms with Crippen LogP contribution in [0.5, 0.6) is 0 Å². The predicted molar refractivity (Wildman–Crippen MR) is 154 cm³/mol. The number of amides is 3. The lowest BCUT2D eigenvalue weighted by molar-refractivity contribution is -0.116. The van der Waals surface area contributed by atoms with Gasteiger partial charge in [-0.3, -0.25) is 4.79 Å². The molecular weight excluding hydrogens is 474 g/mol. The van der Waals surface area contributed by atoms with Gasteiger partial charge >= 0.3 is 6.03 Å². The Bertz CT molecular complexity index is 1430. The third-order valence-corrected chi connectivity index (χ3v) is 6.32. The summed E-state index contributed by atoms with van der Waals surface area (Å²) in [6, 6.07) is 25.1. The largest absolute Gasteiger partial charge is 0.322 e. The summed E-state index contributed by atoms with van der Waals surface area (Å²) in [6.45, 7) is 10.3. The van der Waals surface area contributed by atoms with E-state index in [0.29, 0.717) is 12.4 Å². The lowest BCUT2D eigenvalue weighted by atomic mass is 10.1. The van der Waals surface area contributed by atoms with Gasteiger partial charge in [0.2, 0.25) is 5.91 Å². The molecule has 0 radical (unpaired) electrons. The molecule has 7 nitrogen and oxygen atoms in total. The Kier molecular flexibility index (Phi) is 8.26. The molecule has 1 heterocycles. The molecule has 0 saturated carbocycles. The molecular formula is C31H35N5O2. The van der Waals surface area contributed by atoms with Crippen molar-refractivity contribution in [3.63, 3.8) is 0 Å². The summed E-state index contributed by atoms with van der Waals surface area (Å²) in [4.78, 5) is 28.3. The van der Waals surface area contributed by atoms with Crippen molar-refractivity contribution < 1.29 is 9.59 Å². The molecule has 4 aromatic rings. The van der Waals surface area contributed by atoms with E-state index in [1.165, 1.54) is 0 Å². The number of hydrogen-bond donors (Lipinski definition) is 2. The summed E-state index contributed by atoms with van der Waals surface area (Å²) in [6.07, 6.45) is 0. The predicted octanol–water partition coefficient (Wildman–Crippen LogP) is 6.59. The Morgan fingerprint density at radius 1 is 0.842 bits per heavy atom. The number of para-hydroxylation sites is 2. The number of anilines is 2. The second kappa shape index (κ2) is 11.8. The first kappa shape index (κ1) is 26.7. The Morgan fingerprint density at radius 3 is 2.13 bits per heavy atom. The average molecular weight is 510 g/mol. The zero-order chi connectivity index (χ0) is 27.2. The van der Waals surface area contributed by atoms with Crippen molar-refractivity contribution in [3.05, 3.63) is 95.7 Å². The summed E-state index contributed by atoms with van der Waals surface area (Å²) in [5.74, 6) is 0.472. The average Bonchev–Trinajstić information content (AvgIpc) is 3.20. The number of hydrogen-bond acceptors (Lipinski definition) is 3. The maximum absolute atomic E-state index is 13.5. The van der Waals surface area contributed by atoms with Crippen molar-refractivity contribution >= 4 is 23.4 Å². The van der Waals surface area contributed by atoms with E-state index in [1.807, 2.05) is 113 Å². The van der Waals surface area contributed by atoms with Gasteiger partial charge in [-0.1, -0.05) is 80.6 Å². The number of nitrogens with zero attached hydrogens (tertiary/aromatic N) is 3. The quantitative estimate of drug-likeness (QED) is 0.281. The molecule has 0 unspecified atom stereocenters. The summed E-state index contributed by atoms with van der Waals surface area (Å²) >= 11 is 0. The van der Waals surface area contributed by atoms with Crippen LogP contribution < -0.4 is 10.6 Å². The zero-order valence-corrected chi connectivity index (χ0v) is 22.7. The van der Waals surface area contributed by atoms with Crippen molar-refractivity contribution in [3.8, 4) is 16.8 Å². The van der Waals surface area contributed by atoms with Gasteiger partial charge < -0.3 is 15.5 Å². The molecule has 7 heteroatoms. The first-order valence-corrected chi connectivity index (χ1v) is 12.9. The van der Waals surface area contributed by atoms with E-state index in [0.717, 1.165) is 39.3 Å². The highest BCUT2D eigenvalue weighted by Crippen LogP contribution is 2.34. The van der Waals surface area contributed by atoms with Crippen molar-refractivity contribution in [1.82, 2.24) is 14.7 Å². The van der Waals surface area contributed by atoms with Gasteiger partial charge in [0.05, 0.1) is 11.4 Å². The van der Waals surface area contributed by atoms with Gasteiger partial charge in [-0.15, -0.1) is 0 Å². The number of carbonyl (C=O) groups excluding carboxylic acids is 2. The molecule has 0 bridgehead atoms. The Balaban J connectivity index is 1.66. The van der Waals surface area contributed by atoms with Crippen LogP contribution in [0.4, 0.5) is 16.3 Å². The number of carbonyl (C=O) groups is 2. The number of benzene rings is 3. The van der Waals surface area contributed by atoms with Crippen LogP contribution in [-0.2, 0) is 4.79 Å². The number of rotatable bonds is 8. The molecule has 38 heavy (non-hydrogen) atoms. The summed E-state index contributed by atoms with van der Waals surface area (Å²) in [5, 5.41) is 10.9. The summed E-state index contributed by atoms with van der Waals surface area (Å²) in [5.41, 5.74) is 6.20. The molecule has 1 aromatic heterocycles. The Labute approximate surface area is 224 Å². The van der Waals surface area contributed by atoms with Gasteiger partial charge in [-0.25, -0.2) is 9.48 Å². The lowest BCUT2D eigenvalue weighted by Crippen LogP contribution is -2.42. The fourth-order valence-corrected chi connectivity index (χ4v) is 4.48. The van der Waals surface area contributed by atoms with Crippen LogP contribution in [-0.4, -0.2) is 39.7 Å². The van der Waals surface area contributed by atoms with Gasteiger partial charge in [0.1, 0.15) is 12.4 Å². The molecule has 2 N–H and O–H groups in total. The minimum atomic E-state index is -0.310. The minimum absolute atomic E-state index is 0.0951. The SMILES string of the molecule is Cc1ccccc1NC(=O)N(CC(=O)Nc1c(-c2ccccc2)c(C)nn1-c1ccccc1C)CC(C)C. The first-order valence-electron chi connectivity index (χ1n) is 12.9. The number of aryl methyl sites for hydroxylation is 3. The van der Waals surface area contributed by atoms with Crippen LogP contribution in [0.15, 0.2) is 78.9 Å². The highest BCUT2D eigenvalue weighted by atomic mass is 16.2. The maximum Gasteiger partial charge on any atom is 0.322 e. The first-order chi connectivity index (χ1) is 18.2. The third kappa shape index (κ3) is 6.11. The minimum Gasteiger partial charge on any atom is -0.315 e. The van der Waals surface area contributed by atoms with Crippen LogP contribution in [0.1, 0.15) is 30.7 Å². The molecule has 0 atom stereocenters. The molecule has 0 aliphatic heterocycles. The molecule has 196 valence electrons. The topological polar surface area (TPSA) is 79.3 Å².